The van der Waals surface area contributed by atoms with Crippen LogP contribution in [0.1, 0.15) is 26.3 Å². The van der Waals surface area contributed by atoms with Gasteiger partial charge in [0, 0.05) is 5.69 Å². The Morgan fingerprint density at radius 2 is 1.94 bits per heavy atom. The molecule has 5 nitrogen and oxygen atoms in total. The van der Waals surface area contributed by atoms with Crippen molar-refractivity contribution in [3.63, 3.8) is 0 Å². The maximum absolute atomic E-state index is 11.3. The van der Waals surface area contributed by atoms with Crippen LogP contribution in [0, 0.1) is 6.92 Å². The minimum absolute atomic E-state index is 0.0542. The molecule has 0 aliphatic rings. The summed E-state index contributed by atoms with van der Waals surface area (Å²) in [5, 5.41) is 18.0. The van der Waals surface area contributed by atoms with E-state index in [4.69, 9.17) is 5.14 Å². The fourth-order valence-electron chi connectivity index (χ4n) is 1.34. The van der Waals surface area contributed by atoms with E-state index in [2.05, 4.69) is 5.32 Å². The Kier molecular flexibility index (Phi) is 4.05. The smallest absolute Gasteiger partial charge is 0.238 e. The second kappa shape index (κ2) is 4.87. The number of aryl methyl sites for hydroxylation is 1. The van der Waals surface area contributed by atoms with E-state index in [1.54, 1.807) is 19.9 Å². The van der Waals surface area contributed by atoms with Gasteiger partial charge in [0.25, 0.3) is 0 Å². The van der Waals surface area contributed by atoms with Gasteiger partial charge in [-0.25, -0.2) is 13.6 Å². The minimum atomic E-state index is -3.72. The van der Waals surface area contributed by atoms with E-state index in [1.807, 2.05) is 13.8 Å². The molecule has 1 aromatic carbocycles. The van der Waals surface area contributed by atoms with E-state index in [9.17, 15) is 13.5 Å². The number of nitrogens with two attached hydrogens (primary N) is 1. The molecule has 0 radical (unpaired) electrons. The summed E-state index contributed by atoms with van der Waals surface area (Å²) in [6.07, 6.45) is 0. The summed E-state index contributed by atoms with van der Waals surface area (Å²) in [5.41, 5.74) is 0.624. The molecule has 4 N–H and O–H groups in total. The quantitative estimate of drug-likeness (QED) is 0.768. The summed E-state index contributed by atoms with van der Waals surface area (Å²) < 4.78 is 22.6. The number of rotatable bonds is 4. The van der Waals surface area contributed by atoms with Gasteiger partial charge in [0.15, 0.2) is 0 Å². The van der Waals surface area contributed by atoms with Gasteiger partial charge in [0.2, 0.25) is 10.0 Å². The Bertz CT molecular complexity index is 533. The van der Waals surface area contributed by atoms with Gasteiger partial charge < -0.3 is 10.4 Å². The summed E-state index contributed by atoms with van der Waals surface area (Å²) in [6.45, 7) is 7.04. The molecule has 0 aromatic heterocycles. The molecule has 1 unspecified atom stereocenters. The van der Waals surface area contributed by atoms with Gasteiger partial charge >= 0.3 is 0 Å². The third kappa shape index (κ3) is 3.69. The number of sulfonamides is 1. The molecule has 1 rings (SSSR count). The first-order valence-electron chi connectivity index (χ1n) is 5.64. The summed E-state index contributed by atoms with van der Waals surface area (Å²) in [6, 6.07) is 4.39. The van der Waals surface area contributed by atoms with Crippen LogP contribution >= 0.6 is 0 Å². The van der Waals surface area contributed by atoms with Crippen LogP contribution < -0.4 is 10.5 Å². The zero-order valence-electron chi connectivity index (χ0n) is 11.1. The lowest BCUT2D eigenvalue weighted by atomic mass is 10.00. The lowest BCUT2D eigenvalue weighted by Crippen LogP contribution is -2.39. The lowest BCUT2D eigenvalue weighted by molar-refractivity contribution is 0.0649. The molecule has 1 atom stereocenters. The van der Waals surface area contributed by atoms with Crippen molar-refractivity contribution < 1.29 is 13.5 Å². The maximum Gasteiger partial charge on any atom is 0.238 e. The van der Waals surface area contributed by atoms with E-state index >= 15 is 0 Å². The van der Waals surface area contributed by atoms with Gasteiger partial charge in [-0.1, -0.05) is 6.07 Å². The van der Waals surface area contributed by atoms with Crippen molar-refractivity contribution in [3.8, 4) is 0 Å². The molecule has 0 aliphatic carbocycles. The molecule has 6 heteroatoms. The van der Waals surface area contributed by atoms with E-state index in [1.165, 1.54) is 12.1 Å². The Balaban J connectivity index is 3.10. The molecular weight excluding hydrogens is 252 g/mol. The topological polar surface area (TPSA) is 92.4 Å². The number of anilines is 1. The van der Waals surface area contributed by atoms with Crippen molar-refractivity contribution in [2.75, 3.05) is 5.32 Å². The molecule has 1 aromatic rings. The summed E-state index contributed by atoms with van der Waals surface area (Å²) in [7, 11) is -3.72. The van der Waals surface area contributed by atoms with Crippen LogP contribution in [0.15, 0.2) is 23.1 Å². The zero-order chi connectivity index (χ0) is 14.1. The van der Waals surface area contributed by atoms with Crippen molar-refractivity contribution >= 4 is 15.7 Å². The number of primary sulfonamides is 1. The molecular formula is C12H20N2O3S. The van der Waals surface area contributed by atoms with Crippen LogP contribution in [0.5, 0.6) is 0 Å². The Morgan fingerprint density at radius 3 is 2.39 bits per heavy atom. The van der Waals surface area contributed by atoms with E-state index in [0.29, 0.717) is 5.69 Å². The van der Waals surface area contributed by atoms with Crippen LogP contribution in [0.2, 0.25) is 0 Å². The molecule has 0 heterocycles. The molecule has 0 amide bonds. The maximum atomic E-state index is 11.3. The third-order valence-electron chi connectivity index (χ3n) is 2.97. The molecule has 0 saturated heterocycles. The van der Waals surface area contributed by atoms with Gasteiger partial charge in [-0.05, 0) is 45.4 Å². The summed E-state index contributed by atoms with van der Waals surface area (Å²) in [4.78, 5) is 0.0542. The van der Waals surface area contributed by atoms with Crippen LogP contribution in [0.3, 0.4) is 0 Å². The van der Waals surface area contributed by atoms with Crippen molar-refractivity contribution in [1.29, 1.82) is 0 Å². The Labute approximate surface area is 108 Å². The first-order valence-corrected chi connectivity index (χ1v) is 7.19. The predicted octanol–water partition coefficient (Wildman–Crippen LogP) is 1.21. The van der Waals surface area contributed by atoms with E-state index in [0.717, 1.165) is 5.56 Å². The van der Waals surface area contributed by atoms with E-state index in [-0.39, 0.29) is 10.9 Å². The second-order valence-electron chi connectivity index (χ2n) is 5.04. The molecule has 0 spiro atoms. The van der Waals surface area contributed by atoms with Gasteiger partial charge in [-0.2, -0.15) is 0 Å². The minimum Gasteiger partial charge on any atom is -0.388 e. The second-order valence-corrected chi connectivity index (χ2v) is 6.60. The highest BCUT2D eigenvalue weighted by Crippen LogP contribution is 2.22. The molecule has 102 valence electrons. The fourth-order valence-corrected chi connectivity index (χ4v) is 1.88. The molecule has 0 saturated carbocycles. The summed E-state index contributed by atoms with van der Waals surface area (Å²) in [5.74, 6) is 0. The van der Waals surface area contributed by atoms with Gasteiger partial charge in [-0.15, -0.1) is 0 Å². The third-order valence-corrected chi connectivity index (χ3v) is 3.88. The largest absolute Gasteiger partial charge is 0.388 e. The average molecular weight is 272 g/mol. The van der Waals surface area contributed by atoms with Crippen LogP contribution in [-0.4, -0.2) is 25.2 Å². The van der Waals surface area contributed by atoms with Crippen molar-refractivity contribution in [2.45, 2.75) is 44.2 Å². The number of hydrogen-bond donors (Lipinski definition) is 3. The van der Waals surface area contributed by atoms with Crippen LogP contribution in [0.25, 0.3) is 0 Å². The summed E-state index contributed by atoms with van der Waals surface area (Å²) >= 11 is 0. The first-order chi connectivity index (χ1) is 8.01. The van der Waals surface area contributed by atoms with Gasteiger partial charge in [-0.3, -0.25) is 0 Å². The molecule has 0 aliphatic heterocycles. The Morgan fingerprint density at radius 1 is 1.39 bits per heavy atom. The highest BCUT2D eigenvalue weighted by molar-refractivity contribution is 7.89. The fraction of sp³-hybridized carbons (Fsp3) is 0.500. The number of benzene rings is 1. The number of nitrogens with one attached hydrogen (secondary N) is 1. The highest BCUT2D eigenvalue weighted by atomic mass is 32.2. The molecule has 18 heavy (non-hydrogen) atoms. The monoisotopic (exact) mass is 272 g/mol. The lowest BCUT2D eigenvalue weighted by Gasteiger charge is -2.28. The van der Waals surface area contributed by atoms with Crippen molar-refractivity contribution in [1.82, 2.24) is 0 Å². The molecule has 0 fully saturated rings. The molecule has 0 bridgehead atoms. The van der Waals surface area contributed by atoms with Crippen LogP contribution in [0.4, 0.5) is 5.69 Å². The van der Waals surface area contributed by atoms with Crippen LogP contribution in [-0.2, 0) is 10.0 Å². The Hall–Kier alpha value is -1.11. The highest BCUT2D eigenvalue weighted by Gasteiger charge is 2.22. The first kappa shape index (κ1) is 14.9. The standard InChI is InChI=1S/C12H20N2O3S/c1-8-5-6-10(18(13,16)17)7-11(8)14-9(2)12(3,4)15/h5-7,9,14-15H,1-4H3,(H2,13,16,17). The van der Waals surface area contributed by atoms with Gasteiger partial charge in [0.05, 0.1) is 16.5 Å². The van der Waals surface area contributed by atoms with E-state index < -0.39 is 15.6 Å². The number of hydrogen-bond acceptors (Lipinski definition) is 4. The zero-order valence-corrected chi connectivity index (χ0v) is 11.9. The predicted molar refractivity (Wildman–Crippen MR) is 71.9 cm³/mol. The van der Waals surface area contributed by atoms with Crippen molar-refractivity contribution in [3.05, 3.63) is 23.8 Å². The average Bonchev–Trinajstić information content (AvgIpc) is 2.18. The SMILES string of the molecule is Cc1ccc(S(N)(=O)=O)cc1NC(C)C(C)(C)O. The van der Waals surface area contributed by atoms with Gasteiger partial charge in [0.1, 0.15) is 0 Å². The number of aliphatic hydroxyl groups is 1. The van der Waals surface area contributed by atoms with Crippen molar-refractivity contribution in [2.24, 2.45) is 5.14 Å². The normalized spacial score (nSPS) is 14.3.